The molecule has 154 valence electrons. The first-order valence-corrected chi connectivity index (χ1v) is 10.7. The van der Waals surface area contributed by atoms with Crippen LogP contribution in [0.4, 0.5) is 4.79 Å². The van der Waals surface area contributed by atoms with Gasteiger partial charge < -0.3 is 19.9 Å². The van der Waals surface area contributed by atoms with Crippen LogP contribution in [0.25, 0.3) is 0 Å². The summed E-state index contributed by atoms with van der Waals surface area (Å²) < 4.78 is 11.4. The molecule has 0 unspecified atom stereocenters. The topological polar surface area (TPSA) is 67.8 Å². The molecule has 26 heavy (non-hydrogen) atoms. The minimum atomic E-state index is -1.00. The first-order chi connectivity index (χ1) is 12.4. The summed E-state index contributed by atoms with van der Waals surface area (Å²) in [7, 11) is 0. The van der Waals surface area contributed by atoms with Crippen molar-refractivity contribution in [3.63, 3.8) is 0 Å². The quantitative estimate of drug-likeness (QED) is 0.375. The molecule has 0 atom stereocenters. The maximum Gasteiger partial charge on any atom is 0.405 e. The summed E-state index contributed by atoms with van der Waals surface area (Å²) in [6.45, 7) is 6.74. The summed E-state index contributed by atoms with van der Waals surface area (Å²) in [5, 5.41) is 11.8. The molecular weight excluding hydrogens is 330 g/mol. The fraction of sp³-hybridized carbons (Fsp3) is 0.952. The minimum Gasteiger partial charge on any atom is -0.465 e. The minimum absolute atomic E-state index is 0.379. The van der Waals surface area contributed by atoms with Crippen molar-refractivity contribution in [2.75, 3.05) is 13.2 Å². The number of ether oxygens (including phenoxy) is 2. The number of carboxylic acid groups (broad SMARTS) is 1. The highest BCUT2D eigenvalue weighted by atomic mass is 16.7. The number of hydrogen-bond donors (Lipinski definition) is 2. The van der Waals surface area contributed by atoms with Gasteiger partial charge in [-0.05, 0) is 20.3 Å². The lowest BCUT2D eigenvalue weighted by atomic mass is 9.92. The van der Waals surface area contributed by atoms with E-state index in [0.717, 1.165) is 19.3 Å². The maximum absolute atomic E-state index is 11.1. The zero-order chi connectivity index (χ0) is 19.3. The molecule has 2 N–H and O–H groups in total. The van der Waals surface area contributed by atoms with E-state index < -0.39 is 17.4 Å². The highest BCUT2D eigenvalue weighted by molar-refractivity contribution is 5.65. The Kier molecular flexibility index (Phi) is 11.2. The summed E-state index contributed by atoms with van der Waals surface area (Å²) in [5.74, 6) is -0.625. The second kappa shape index (κ2) is 12.6. The fourth-order valence-electron chi connectivity index (χ4n) is 3.52. The van der Waals surface area contributed by atoms with E-state index in [9.17, 15) is 4.79 Å². The third-order valence-corrected chi connectivity index (χ3v) is 5.27. The molecule has 1 rings (SSSR count). The largest absolute Gasteiger partial charge is 0.465 e. The molecule has 0 aromatic heterocycles. The summed E-state index contributed by atoms with van der Waals surface area (Å²) >= 11 is 0. The molecule has 1 amide bonds. The van der Waals surface area contributed by atoms with Gasteiger partial charge in [0.25, 0.3) is 0 Å². The Hall–Kier alpha value is -0.810. The van der Waals surface area contributed by atoms with Gasteiger partial charge in [0.2, 0.25) is 0 Å². The summed E-state index contributed by atoms with van der Waals surface area (Å²) in [6, 6.07) is 0. The Labute approximate surface area is 160 Å². The van der Waals surface area contributed by atoms with Crippen molar-refractivity contribution in [2.24, 2.45) is 0 Å². The highest BCUT2D eigenvalue weighted by Crippen LogP contribution is 2.27. The third kappa shape index (κ3) is 10.4. The average Bonchev–Trinajstić information content (AvgIpc) is 2.58. The molecule has 0 radical (unpaired) electrons. The van der Waals surface area contributed by atoms with Crippen LogP contribution in [0.1, 0.15) is 104 Å². The molecular formula is C21H41NO4. The van der Waals surface area contributed by atoms with Gasteiger partial charge >= 0.3 is 6.09 Å². The Morgan fingerprint density at radius 2 is 1.27 bits per heavy atom. The fourth-order valence-corrected chi connectivity index (χ4v) is 3.52. The van der Waals surface area contributed by atoms with Gasteiger partial charge in [0.1, 0.15) is 0 Å². The molecule has 0 bridgehead atoms. The van der Waals surface area contributed by atoms with Crippen LogP contribution in [0.15, 0.2) is 0 Å². The SMILES string of the molecule is CCCCCCCCCCCCCCC1(NC(=O)O)COC(C)(C)OC1. The van der Waals surface area contributed by atoms with E-state index in [4.69, 9.17) is 14.6 Å². The van der Waals surface area contributed by atoms with E-state index in [1.165, 1.54) is 64.2 Å². The Morgan fingerprint density at radius 1 is 0.846 bits per heavy atom. The van der Waals surface area contributed by atoms with Gasteiger partial charge in [0, 0.05) is 0 Å². The second-order valence-corrected chi connectivity index (χ2v) is 8.33. The molecule has 0 aromatic rings. The van der Waals surface area contributed by atoms with E-state index in [1.54, 1.807) is 0 Å². The monoisotopic (exact) mass is 371 g/mol. The van der Waals surface area contributed by atoms with Crippen LogP contribution >= 0.6 is 0 Å². The van der Waals surface area contributed by atoms with Gasteiger partial charge in [-0.25, -0.2) is 4.79 Å². The summed E-state index contributed by atoms with van der Waals surface area (Å²) in [4.78, 5) is 11.1. The molecule has 5 heteroatoms. The van der Waals surface area contributed by atoms with Crippen molar-refractivity contribution in [3.8, 4) is 0 Å². The van der Waals surface area contributed by atoms with Gasteiger partial charge in [-0.3, -0.25) is 0 Å². The van der Waals surface area contributed by atoms with Crippen molar-refractivity contribution in [2.45, 2.75) is 116 Å². The Balaban J connectivity index is 2.08. The van der Waals surface area contributed by atoms with E-state index in [0.29, 0.717) is 13.2 Å². The van der Waals surface area contributed by atoms with Crippen molar-refractivity contribution >= 4 is 6.09 Å². The zero-order valence-electron chi connectivity index (χ0n) is 17.3. The van der Waals surface area contributed by atoms with Crippen LogP contribution in [-0.2, 0) is 9.47 Å². The smallest absolute Gasteiger partial charge is 0.405 e. The molecule has 1 fully saturated rings. The van der Waals surface area contributed by atoms with Crippen LogP contribution in [0.3, 0.4) is 0 Å². The first kappa shape index (κ1) is 23.2. The number of nitrogens with one attached hydrogen (secondary N) is 1. The number of unbranched alkanes of at least 4 members (excludes halogenated alkanes) is 11. The molecule has 1 aliphatic heterocycles. The van der Waals surface area contributed by atoms with Crippen molar-refractivity contribution in [3.05, 3.63) is 0 Å². The van der Waals surface area contributed by atoms with Crippen LogP contribution in [0.5, 0.6) is 0 Å². The lowest BCUT2D eigenvalue weighted by Gasteiger charge is -2.43. The van der Waals surface area contributed by atoms with Crippen LogP contribution < -0.4 is 5.32 Å². The molecule has 5 nitrogen and oxygen atoms in total. The van der Waals surface area contributed by atoms with Crippen LogP contribution in [0, 0.1) is 0 Å². The normalized spacial score (nSPS) is 18.6. The first-order valence-electron chi connectivity index (χ1n) is 10.7. The molecule has 1 heterocycles. The van der Waals surface area contributed by atoms with Crippen LogP contribution in [-0.4, -0.2) is 35.7 Å². The molecule has 0 aromatic carbocycles. The lowest BCUT2D eigenvalue weighted by Crippen LogP contribution is -2.60. The molecule has 0 spiro atoms. The van der Waals surface area contributed by atoms with Gasteiger partial charge in [-0.2, -0.15) is 0 Å². The van der Waals surface area contributed by atoms with Crippen LogP contribution in [0.2, 0.25) is 0 Å². The average molecular weight is 372 g/mol. The third-order valence-electron chi connectivity index (χ3n) is 5.27. The van der Waals surface area contributed by atoms with E-state index in [-0.39, 0.29) is 0 Å². The number of carbonyl (C=O) groups is 1. The number of hydrogen-bond acceptors (Lipinski definition) is 3. The molecule has 0 aliphatic carbocycles. The Morgan fingerprint density at radius 3 is 1.69 bits per heavy atom. The molecule has 1 aliphatic rings. The van der Waals surface area contributed by atoms with E-state index >= 15 is 0 Å². The van der Waals surface area contributed by atoms with Gasteiger partial charge in [-0.1, -0.05) is 84.0 Å². The summed E-state index contributed by atoms with van der Waals surface area (Å²) in [5.41, 5.74) is -0.597. The molecule has 1 saturated heterocycles. The predicted octanol–water partition coefficient (Wildman–Crippen LogP) is 5.87. The Bertz CT molecular complexity index is 374. The van der Waals surface area contributed by atoms with Crippen molar-refractivity contribution in [1.82, 2.24) is 5.32 Å². The maximum atomic E-state index is 11.1. The van der Waals surface area contributed by atoms with Gasteiger partial charge in [0.15, 0.2) is 5.79 Å². The second-order valence-electron chi connectivity index (χ2n) is 8.33. The van der Waals surface area contributed by atoms with E-state index in [2.05, 4.69) is 12.2 Å². The zero-order valence-corrected chi connectivity index (χ0v) is 17.3. The van der Waals surface area contributed by atoms with Crippen molar-refractivity contribution < 1.29 is 19.4 Å². The predicted molar refractivity (Wildman–Crippen MR) is 106 cm³/mol. The number of rotatable bonds is 14. The number of amides is 1. The highest BCUT2D eigenvalue weighted by Gasteiger charge is 2.40. The van der Waals surface area contributed by atoms with Crippen molar-refractivity contribution in [1.29, 1.82) is 0 Å². The standard InChI is InChI=1S/C21H41NO4/c1-4-5-6-7-8-9-10-11-12-13-14-15-16-21(22-19(23)24)17-25-20(2,3)26-18-21/h22H,4-18H2,1-3H3,(H,23,24). The molecule has 0 saturated carbocycles. The van der Waals surface area contributed by atoms with Gasteiger partial charge in [0.05, 0.1) is 18.8 Å². The lowest BCUT2D eigenvalue weighted by molar-refractivity contribution is -0.271. The van der Waals surface area contributed by atoms with E-state index in [1.807, 2.05) is 13.8 Å². The summed E-state index contributed by atoms with van der Waals surface area (Å²) in [6.07, 6.45) is 15.4. The van der Waals surface area contributed by atoms with Gasteiger partial charge in [-0.15, -0.1) is 0 Å².